The monoisotopic (exact) mass is 418 g/mol. The smallest absolute Gasteiger partial charge is 0.422 e. The number of imidazole rings is 1. The molecule has 2 atom stereocenters. The van der Waals surface area contributed by atoms with Gasteiger partial charge in [-0.25, -0.2) is 9.50 Å². The third kappa shape index (κ3) is 3.48. The third-order valence-corrected chi connectivity index (χ3v) is 5.28. The number of ether oxygens (including phenoxy) is 1. The molecule has 4 aromatic rings. The fourth-order valence-electron chi connectivity index (χ4n) is 3.74. The molecule has 148 valence electrons. The summed E-state index contributed by atoms with van der Waals surface area (Å²) < 4.78 is 44.4. The second kappa shape index (κ2) is 6.59. The summed E-state index contributed by atoms with van der Waals surface area (Å²) in [5.74, 6) is 0.608. The Labute approximate surface area is 168 Å². The van der Waals surface area contributed by atoms with E-state index < -0.39 is 12.8 Å². The molecule has 0 saturated heterocycles. The lowest BCUT2D eigenvalue weighted by Gasteiger charge is -2.12. The molecule has 1 aliphatic carbocycles. The van der Waals surface area contributed by atoms with E-state index in [0.717, 1.165) is 23.2 Å². The van der Waals surface area contributed by atoms with Crippen LogP contribution < -0.4 is 4.74 Å². The highest BCUT2D eigenvalue weighted by molar-refractivity contribution is 6.29. The number of hydrogen-bond donors (Lipinski definition) is 0. The van der Waals surface area contributed by atoms with Crippen LogP contribution in [0.4, 0.5) is 13.2 Å². The number of rotatable bonds is 4. The molecule has 0 spiro atoms. The van der Waals surface area contributed by atoms with Gasteiger partial charge >= 0.3 is 6.18 Å². The van der Waals surface area contributed by atoms with Gasteiger partial charge in [-0.1, -0.05) is 17.7 Å². The first-order chi connectivity index (χ1) is 13.9. The van der Waals surface area contributed by atoms with Crippen molar-refractivity contribution < 1.29 is 17.9 Å². The van der Waals surface area contributed by atoms with Crippen LogP contribution in [0.2, 0.25) is 5.15 Å². The number of halogens is 4. The minimum absolute atomic E-state index is 0.175. The lowest BCUT2D eigenvalue weighted by atomic mass is 10.0. The van der Waals surface area contributed by atoms with Crippen LogP contribution in [0.3, 0.4) is 0 Å². The largest absolute Gasteiger partial charge is 0.483 e. The van der Waals surface area contributed by atoms with E-state index in [1.165, 1.54) is 12.3 Å². The van der Waals surface area contributed by atoms with E-state index in [9.17, 15) is 13.2 Å². The zero-order chi connectivity index (χ0) is 20.2. The van der Waals surface area contributed by atoms with Gasteiger partial charge in [-0.3, -0.25) is 4.98 Å². The molecule has 1 aromatic carbocycles. The zero-order valence-corrected chi connectivity index (χ0v) is 15.7. The third-order valence-electron chi connectivity index (χ3n) is 5.09. The van der Waals surface area contributed by atoms with E-state index in [1.54, 1.807) is 16.9 Å². The van der Waals surface area contributed by atoms with Crippen molar-refractivity contribution in [3.8, 4) is 5.75 Å². The fourth-order valence-corrected chi connectivity index (χ4v) is 3.94. The molecule has 5 nitrogen and oxygen atoms in total. The van der Waals surface area contributed by atoms with Crippen molar-refractivity contribution in [1.29, 1.82) is 0 Å². The maximum absolute atomic E-state index is 12.6. The number of nitrogens with zero attached hydrogens (tertiary/aromatic N) is 4. The van der Waals surface area contributed by atoms with Gasteiger partial charge in [-0.2, -0.15) is 18.3 Å². The van der Waals surface area contributed by atoms with Crippen LogP contribution in [-0.2, 0) is 0 Å². The van der Waals surface area contributed by atoms with Crippen LogP contribution in [0.5, 0.6) is 5.75 Å². The summed E-state index contributed by atoms with van der Waals surface area (Å²) in [6, 6.07) is 8.92. The normalized spacial score (nSPS) is 19.0. The topological polar surface area (TPSA) is 52.3 Å². The number of fused-ring (bicyclic) bond motifs is 2. The first-order valence-electron chi connectivity index (χ1n) is 8.97. The fraction of sp³-hybridized carbons (Fsp3) is 0.250. The number of hydrogen-bond acceptors (Lipinski definition) is 4. The molecule has 0 N–H and O–H groups in total. The Morgan fingerprint density at radius 1 is 1.10 bits per heavy atom. The van der Waals surface area contributed by atoms with Gasteiger partial charge in [0.05, 0.1) is 5.52 Å². The molecule has 1 saturated carbocycles. The maximum atomic E-state index is 12.6. The molecular formula is C20H14ClF3N4O. The summed E-state index contributed by atoms with van der Waals surface area (Å²) >= 11 is 6.14. The van der Waals surface area contributed by atoms with Gasteiger partial charge in [0.2, 0.25) is 0 Å². The summed E-state index contributed by atoms with van der Waals surface area (Å²) in [5, 5.41) is 5.16. The number of alkyl halides is 3. The van der Waals surface area contributed by atoms with Crippen LogP contribution in [0.25, 0.3) is 16.6 Å². The first-order valence-corrected chi connectivity index (χ1v) is 9.35. The van der Waals surface area contributed by atoms with Crippen molar-refractivity contribution in [2.24, 2.45) is 0 Å². The Balaban J connectivity index is 1.48. The van der Waals surface area contributed by atoms with Crippen LogP contribution in [0.1, 0.15) is 29.4 Å². The SMILES string of the molecule is FC(F)(F)COc1ccnc2ccc(C3CC3c3cc(Cl)nn4ccnc34)cc12. The van der Waals surface area contributed by atoms with Crippen molar-refractivity contribution in [2.75, 3.05) is 6.61 Å². The average molecular weight is 419 g/mol. The molecule has 0 radical (unpaired) electrons. The van der Waals surface area contributed by atoms with Crippen molar-refractivity contribution in [1.82, 2.24) is 19.6 Å². The van der Waals surface area contributed by atoms with E-state index in [4.69, 9.17) is 16.3 Å². The van der Waals surface area contributed by atoms with Crippen molar-refractivity contribution in [2.45, 2.75) is 24.4 Å². The van der Waals surface area contributed by atoms with Gasteiger partial charge in [0.15, 0.2) is 12.3 Å². The molecule has 0 bridgehead atoms. The van der Waals surface area contributed by atoms with Crippen LogP contribution in [-0.4, -0.2) is 32.4 Å². The molecule has 0 aliphatic heterocycles. The van der Waals surface area contributed by atoms with Gasteiger partial charge in [0.1, 0.15) is 10.9 Å². The van der Waals surface area contributed by atoms with E-state index >= 15 is 0 Å². The van der Waals surface area contributed by atoms with E-state index in [0.29, 0.717) is 16.1 Å². The van der Waals surface area contributed by atoms with Crippen molar-refractivity contribution in [3.05, 3.63) is 65.2 Å². The summed E-state index contributed by atoms with van der Waals surface area (Å²) in [6.45, 7) is -1.34. The highest BCUT2D eigenvalue weighted by Crippen LogP contribution is 2.56. The van der Waals surface area contributed by atoms with Crippen LogP contribution in [0.15, 0.2) is 48.9 Å². The van der Waals surface area contributed by atoms with Crippen LogP contribution in [0, 0.1) is 0 Å². The second-order valence-electron chi connectivity index (χ2n) is 7.06. The van der Waals surface area contributed by atoms with Crippen molar-refractivity contribution >= 4 is 28.2 Å². The minimum atomic E-state index is -4.40. The summed E-state index contributed by atoms with van der Waals surface area (Å²) in [4.78, 5) is 8.60. The van der Waals surface area contributed by atoms with Crippen LogP contribution >= 0.6 is 11.6 Å². The molecule has 1 fully saturated rings. The number of benzene rings is 1. The van der Waals surface area contributed by atoms with Gasteiger partial charge in [0, 0.05) is 29.5 Å². The highest BCUT2D eigenvalue weighted by atomic mass is 35.5. The Morgan fingerprint density at radius 2 is 1.97 bits per heavy atom. The quantitative estimate of drug-likeness (QED) is 0.460. The van der Waals surface area contributed by atoms with Gasteiger partial charge in [-0.05, 0) is 48.1 Å². The lowest BCUT2D eigenvalue weighted by molar-refractivity contribution is -0.153. The molecule has 29 heavy (non-hydrogen) atoms. The first kappa shape index (κ1) is 18.2. The molecular weight excluding hydrogens is 405 g/mol. The summed E-state index contributed by atoms with van der Waals surface area (Å²) in [6.07, 6.45) is 1.36. The Kier molecular flexibility index (Phi) is 4.13. The van der Waals surface area contributed by atoms with E-state index in [-0.39, 0.29) is 17.6 Å². The van der Waals surface area contributed by atoms with E-state index in [2.05, 4.69) is 15.1 Å². The highest BCUT2D eigenvalue weighted by Gasteiger charge is 2.41. The lowest BCUT2D eigenvalue weighted by Crippen LogP contribution is -2.19. The molecule has 0 amide bonds. The maximum Gasteiger partial charge on any atom is 0.422 e. The average Bonchev–Trinajstić information content (AvgIpc) is 3.34. The van der Waals surface area contributed by atoms with Crippen molar-refractivity contribution in [3.63, 3.8) is 0 Å². The molecule has 9 heteroatoms. The Morgan fingerprint density at radius 3 is 2.79 bits per heavy atom. The molecule has 3 heterocycles. The Hall–Kier alpha value is -2.87. The number of aromatic nitrogens is 4. The van der Waals surface area contributed by atoms with E-state index in [1.807, 2.05) is 24.3 Å². The van der Waals surface area contributed by atoms with Gasteiger partial charge in [-0.15, -0.1) is 0 Å². The summed E-state index contributed by atoms with van der Waals surface area (Å²) in [5.41, 5.74) is 3.39. The molecule has 3 aromatic heterocycles. The van der Waals surface area contributed by atoms with Gasteiger partial charge < -0.3 is 4.74 Å². The predicted molar refractivity (Wildman–Crippen MR) is 101 cm³/mol. The second-order valence-corrected chi connectivity index (χ2v) is 7.44. The molecule has 1 aliphatic rings. The predicted octanol–water partition coefficient (Wildman–Crippen LogP) is 5.14. The zero-order valence-electron chi connectivity index (χ0n) is 14.9. The minimum Gasteiger partial charge on any atom is -0.483 e. The van der Waals surface area contributed by atoms with Gasteiger partial charge in [0.25, 0.3) is 0 Å². The molecule has 2 unspecified atom stereocenters. The molecule has 5 rings (SSSR count). The summed E-state index contributed by atoms with van der Waals surface area (Å²) in [7, 11) is 0. The number of pyridine rings is 1. The standard InChI is InChI=1S/C20H14ClF3N4O/c21-18-9-14(19-26-5-6-28(19)27-18)13-8-12(13)11-1-2-16-15(7-11)17(3-4-25-16)29-10-20(22,23)24/h1-7,9,12-13H,8,10H2. The Bertz CT molecular complexity index is 1220.